The normalized spacial score (nSPS) is 24.3. The van der Waals surface area contributed by atoms with Crippen molar-refractivity contribution in [1.82, 2.24) is 20.3 Å². The number of hydrogen-bond donors (Lipinski definition) is 1. The summed E-state index contributed by atoms with van der Waals surface area (Å²) in [6.07, 6.45) is 2.40. The van der Waals surface area contributed by atoms with Gasteiger partial charge in [0.05, 0.1) is 6.42 Å². The molecule has 2 bridgehead atoms. The number of hydrogen-bond acceptors (Lipinski definition) is 7. The van der Waals surface area contributed by atoms with Crippen LogP contribution in [0.4, 0.5) is 0 Å². The van der Waals surface area contributed by atoms with Crippen LogP contribution in [0, 0.1) is 5.21 Å². The molecule has 0 amide bonds. The Morgan fingerprint density at radius 1 is 1.18 bits per heavy atom. The van der Waals surface area contributed by atoms with Gasteiger partial charge in [-0.1, -0.05) is 29.4 Å². The van der Waals surface area contributed by atoms with Crippen molar-refractivity contribution in [1.29, 1.82) is 0 Å². The largest absolute Gasteiger partial charge is 0.691 e. The summed E-state index contributed by atoms with van der Waals surface area (Å²) in [4.78, 5) is 32.5. The topological polar surface area (TPSA) is 102 Å². The van der Waals surface area contributed by atoms with Gasteiger partial charge in [-0.2, -0.15) is 0 Å². The number of piperazine rings is 1. The second-order valence-electron chi connectivity index (χ2n) is 7.94. The first-order valence-corrected chi connectivity index (χ1v) is 9.70. The standard InChI is InChI=1S/C20H21N5O3/c1-11(24-9-12-8-13(10-24)21-12)6-7-16-22-17-18(23-25(16)28)20(27)15-5-3-2-4-14(15)19(17)26/h2-5,11-13,21H,6-10H2,1H3. The van der Waals surface area contributed by atoms with E-state index >= 15 is 0 Å². The van der Waals surface area contributed by atoms with E-state index < -0.39 is 5.78 Å². The van der Waals surface area contributed by atoms with E-state index in [1.165, 1.54) is 6.42 Å². The molecule has 0 spiro atoms. The molecule has 3 aliphatic heterocycles. The van der Waals surface area contributed by atoms with Crippen molar-refractivity contribution in [3.8, 4) is 0 Å². The minimum Gasteiger partial charge on any atom is -0.691 e. The predicted octanol–water partition coefficient (Wildman–Crippen LogP) is 0.253. The lowest BCUT2D eigenvalue weighted by atomic mass is 9.89. The maximum atomic E-state index is 12.8. The van der Waals surface area contributed by atoms with E-state index in [1.54, 1.807) is 24.3 Å². The maximum absolute atomic E-state index is 12.8. The van der Waals surface area contributed by atoms with Crippen LogP contribution in [0.25, 0.3) is 0 Å². The highest BCUT2D eigenvalue weighted by molar-refractivity contribution is 6.26. The fourth-order valence-corrected chi connectivity index (χ4v) is 4.45. The third-order valence-electron chi connectivity index (χ3n) is 6.08. The smallest absolute Gasteiger partial charge is 0.323 e. The van der Waals surface area contributed by atoms with Crippen molar-refractivity contribution in [3.05, 3.63) is 57.8 Å². The van der Waals surface area contributed by atoms with E-state index in [0.717, 1.165) is 19.5 Å². The van der Waals surface area contributed by atoms with Crippen LogP contribution in [0.3, 0.4) is 0 Å². The van der Waals surface area contributed by atoms with Gasteiger partial charge in [-0.25, -0.2) is 0 Å². The zero-order valence-electron chi connectivity index (χ0n) is 15.6. The lowest BCUT2D eigenvalue weighted by Crippen LogP contribution is -2.68. The molecule has 3 saturated heterocycles. The first-order valence-electron chi connectivity index (χ1n) is 9.70. The molecule has 28 heavy (non-hydrogen) atoms. The minimum absolute atomic E-state index is 0.0122. The van der Waals surface area contributed by atoms with E-state index in [9.17, 15) is 14.8 Å². The summed E-state index contributed by atoms with van der Waals surface area (Å²) in [5.41, 5.74) is 0.421. The minimum atomic E-state index is -0.428. The van der Waals surface area contributed by atoms with Gasteiger partial charge < -0.3 is 10.5 Å². The summed E-state index contributed by atoms with van der Waals surface area (Å²) in [6, 6.07) is 8.04. The molecule has 1 aromatic carbocycles. The van der Waals surface area contributed by atoms with Gasteiger partial charge in [-0.15, -0.1) is 4.85 Å². The fourth-order valence-electron chi connectivity index (χ4n) is 4.45. The molecule has 1 aromatic heterocycles. The Hall–Kier alpha value is -2.71. The Balaban J connectivity index is 1.37. The Labute approximate surface area is 162 Å². The second-order valence-corrected chi connectivity index (χ2v) is 7.94. The lowest BCUT2D eigenvalue weighted by molar-refractivity contribution is -0.680. The van der Waals surface area contributed by atoms with Gasteiger partial charge in [0, 0.05) is 42.3 Å². The zero-order valence-corrected chi connectivity index (χ0v) is 15.6. The lowest BCUT2D eigenvalue weighted by Gasteiger charge is -2.50. The third kappa shape index (κ3) is 2.71. The summed E-state index contributed by atoms with van der Waals surface area (Å²) in [6.45, 7) is 4.19. The van der Waals surface area contributed by atoms with Gasteiger partial charge in [0.25, 0.3) is 5.69 Å². The van der Waals surface area contributed by atoms with Crippen LogP contribution in [-0.4, -0.2) is 57.8 Å². The second kappa shape index (κ2) is 6.42. The molecule has 1 N–H and O–H groups in total. The number of nitrogens with one attached hydrogen (secondary N) is 1. The van der Waals surface area contributed by atoms with Gasteiger partial charge in [0.2, 0.25) is 17.3 Å². The Bertz CT molecular complexity index is 976. The van der Waals surface area contributed by atoms with E-state index in [4.69, 9.17) is 0 Å². The fraction of sp³-hybridized carbons (Fsp3) is 0.450. The number of nitrogens with zero attached hydrogens (tertiary/aromatic N) is 4. The molecule has 144 valence electrons. The first-order chi connectivity index (χ1) is 13.5. The van der Waals surface area contributed by atoms with Gasteiger partial charge in [0.1, 0.15) is 0 Å². The third-order valence-corrected chi connectivity index (χ3v) is 6.08. The van der Waals surface area contributed by atoms with Crippen LogP contribution in [0.2, 0.25) is 0 Å². The Kier molecular flexibility index (Phi) is 3.99. The van der Waals surface area contributed by atoms with Crippen LogP contribution in [0.1, 0.15) is 57.7 Å². The quantitative estimate of drug-likeness (QED) is 0.512. The zero-order chi connectivity index (χ0) is 19.4. The van der Waals surface area contributed by atoms with Crippen molar-refractivity contribution >= 4 is 11.6 Å². The molecule has 3 atom stereocenters. The van der Waals surface area contributed by atoms with Gasteiger partial charge in [-0.3, -0.25) is 14.5 Å². The number of carbonyl (C=O) groups excluding carboxylic acids is 2. The maximum Gasteiger partial charge on any atom is 0.323 e. The molecule has 6 rings (SSSR count). The molecule has 8 nitrogen and oxygen atoms in total. The summed E-state index contributed by atoms with van der Waals surface area (Å²) in [5.74, 6) is -0.594. The van der Waals surface area contributed by atoms with E-state index in [1.807, 2.05) is 0 Å². The van der Waals surface area contributed by atoms with Crippen LogP contribution >= 0.6 is 0 Å². The number of carbonyl (C=O) groups is 2. The average Bonchev–Trinajstić information content (AvgIpc) is 2.70. The summed E-state index contributed by atoms with van der Waals surface area (Å²) in [5, 5.41) is 19.7. The molecule has 3 fully saturated rings. The first kappa shape index (κ1) is 17.4. The van der Waals surface area contributed by atoms with Gasteiger partial charge in [-0.05, 0) is 24.7 Å². The Morgan fingerprint density at radius 3 is 2.43 bits per heavy atom. The molecule has 8 heteroatoms. The van der Waals surface area contributed by atoms with E-state index in [2.05, 4.69) is 27.2 Å². The molecule has 1 aliphatic carbocycles. The molecular weight excluding hydrogens is 358 g/mol. The number of piperidine rings is 1. The van der Waals surface area contributed by atoms with E-state index in [-0.39, 0.29) is 28.6 Å². The molecule has 3 unspecified atom stereocenters. The van der Waals surface area contributed by atoms with Crippen LogP contribution in [-0.2, 0) is 6.42 Å². The van der Waals surface area contributed by atoms with Gasteiger partial charge in [0.15, 0.2) is 0 Å². The van der Waals surface area contributed by atoms with Crippen LogP contribution < -0.4 is 10.2 Å². The summed E-state index contributed by atoms with van der Waals surface area (Å²) >= 11 is 0. The molecule has 0 radical (unpaired) electrons. The number of aromatic nitrogens is 3. The molecule has 4 aliphatic rings. The molecule has 0 saturated carbocycles. The average molecular weight is 379 g/mol. The summed E-state index contributed by atoms with van der Waals surface area (Å²) in [7, 11) is 0. The monoisotopic (exact) mass is 379 g/mol. The Morgan fingerprint density at radius 2 is 1.79 bits per heavy atom. The van der Waals surface area contributed by atoms with Gasteiger partial charge >= 0.3 is 5.82 Å². The molecular formula is C20H21N5O3. The SMILES string of the molecule is CC(CCc1nc2c(n[n+]1[O-])C(=O)c1ccccc1C2=O)N1CC2CC(C1)N2. The van der Waals surface area contributed by atoms with Crippen molar-refractivity contribution in [2.75, 3.05) is 13.1 Å². The number of aryl methyl sites for hydroxylation is 1. The summed E-state index contributed by atoms with van der Waals surface area (Å²) < 4.78 is 0. The van der Waals surface area contributed by atoms with E-state index in [0.29, 0.717) is 35.0 Å². The highest BCUT2D eigenvalue weighted by Crippen LogP contribution is 2.25. The number of ketones is 2. The number of rotatable bonds is 4. The predicted molar refractivity (Wildman–Crippen MR) is 99.0 cm³/mol. The molecule has 2 aromatic rings. The highest BCUT2D eigenvalue weighted by atomic mass is 16.5. The number of benzene rings is 1. The van der Waals surface area contributed by atoms with Crippen molar-refractivity contribution < 1.29 is 14.4 Å². The highest BCUT2D eigenvalue weighted by Gasteiger charge is 2.39. The van der Waals surface area contributed by atoms with Crippen molar-refractivity contribution in [2.45, 2.75) is 44.3 Å². The van der Waals surface area contributed by atoms with Crippen LogP contribution in [0.15, 0.2) is 24.3 Å². The van der Waals surface area contributed by atoms with Crippen LogP contribution in [0.5, 0.6) is 0 Å². The molecule has 4 heterocycles. The van der Waals surface area contributed by atoms with Crippen molar-refractivity contribution in [3.63, 3.8) is 0 Å². The number of fused-ring (bicyclic) bond motifs is 4. The van der Waals surface area contributed by atoms with Crippen molar-refractivity contribution in [2.24, 2.45) is 0 Å².